The van der Waals surface area contributed by atoms with Crippen LogP contribution in [0.25, 0.3) is 0 Å². The van der Waals surface area contributed by atoms with Crippen LogP contribution in [0.15, 0.2) is 0 Å². The molecule has 0 saturated carbocycles. The molecule has 6 nitrogen and oxygen atoms in total. The van der Waals surface area contributed by atoms with E-state index in [2.05, 4.69) is 10.9 Å². The maximum absolute atomic E-state index is 11.6. The molecule has 0 aliphatic rings. The summed E-state index contributed by atoms with van der Waals surface area (Å²) in [5.41, 5.74) is 4.63. The molecule has 0 aliphatic heterocycles. The first kappa shape index (κ1) is 17.6. The Morgan fingerprint density at radius 3 is 2.05 bits per heavy atom. The van der Waals surface area contributed by atoms with Gasteiger partial charge in [0.25, 0.3) is 0 Å². The topological polar surface area (TPSA) is 95.5 Å². The van der Waals surface area contributed by atoms with E-state index in [9.17, 15) is 14.4 Å². The zero-order valence-corrected chi connectivity index (χ0v) is 11.7. The number of hydrazine groups is 1. The molecule has 1 atom stereocenters. The summed E-state index contributed by atoms with van der Waals surface area (Å²) in [4.78, 5) is 34.2. The molecule has 3 N–H and O–H groups in total. The van der Waals surface area contributed by atoms with Gasteiger partial charge in [-0.1, -0.05) is 13.8 Å². The Morgan fingerprint density at radius 1 is 1.00 bits per heavy atom. The first-order chi connectivity index (χ1) is 9.04. The van der Waals surface area contributed by atoms with Crippen molar-refractivity contribution in [3.63, 3.8) is 0 Å². The van der Waals surface area contributed by atoms with Gasteiger partial charge in [0.2, 0.25) is 11.8 Å². The molecule has 0 aliphatic carbocycles. The van der Waals surface area contributed by atoms with Crippen molar-refractivity contribution < 1.29 is 19.5 Å². The van der Waals surface area contributed by atoms with Gasteiger partial charge >= 0.3 is 0 Å². The summed E-state index contributed by atoms with van der Waals surface area (Å²) in [5, 5.41) is 8.71. The van der Waals surface area contributed by atoms with Crippen LogP contribution in [0.4, 0.5) is 0 Å². The molecule has 0 heterocycles. The molecule has 0 fully saturated rings. The maximum atomic E-state index is 11.6. The SMILES string of the molecule is CCCC(=O)NNC(=O)CCC(CC)C(=O)CCO. The van der Waals surface area contributed by atoms with Crippen LogP contribution >= 0.6 is 0 Å². The highest BCUT2D eigenvalue weighted by Crippen LogP contribution is 2.13. The van der Waals surface area contributed by atoms with Gasteiger partial charge in [0.15, 0.2) is 0 Å². The van der Waals surface area contributed by atoms with Gasteiger partial charge in [-0.15, -0.1) is 0 Å². The molecule has 19 heavy (non-hydrogen) atoms. The van der Waals surface area contributed by atoms with Crippen molar-refractivity contribution >= 4 is 17.6 Å². The van der Waals surface area contributed by atoms with Crippen LogP contribution in [0.2, 0.25) is 0 Å². The molecule has 0 aromatic rings. The number of rotatable bonds is 9. The van der Waals surface area contributed by atoms with Crippen LogP contribution < -0.4 is 10.9 Å². The lowest BCUT2D eigenvalue weighted by Crippen LogP contribution is -2.41. The van der Waals surface area contributed by atoms with Crippen LogP contribution in [0, 0.1) is 5.92 Å². The molecule has 0 rings (SSSR count). The minimum absolute atomic E-state index is 0.0205. The average molecular weight is 272 g/mol. The van der Waals surface area contributed by atoms with E-state index in [1.807, 2.05) is 13.8 Å². The van der Waals surface area contributed by atoms with Gasteiger partial charge in [-0.05, 0) is 19.3 Å². The Kier molecular flexibility index (Phi) is 9.70. The summed E-state index contributed by atoms with van der Waals surface area (Å²) >= 11 is 0. The largest absolute Gasteiger partial charge is 0.396 e. The van der Waals surface area contributed by atoms with Gasteiger partial charge < -0.3 is 5.11 Å². The van der Waals surface area contributed by atoms with Crippen molar-refractivity contribution in [1.29, 1.82) is 0 Å². The van der Waals surface area contributed by atoms with Gasteiger partial charge in [-0.3, -0.25) is 25.2 Å². The van der Waals surface area contributed by atoms with Gasteiger partial charge in [0.05, 0.1) is 0 Å². The third-order valence-electron chi connectivity index (χ3n) is 2.84. The second-order valence-corrected chi connectivity index (χ2v) is 4.43. The van der Waals surface area contributed by atoms with E-state index < -0.39 is 0 Å². The van der Waals surface area contributed by atoms with Gasteiger partial charge in [-0.2, -0.15) is 0 Å². The third kappa shape index (κ3) is 8.31. The first-order valence-electron chi connectivity index (χ1n) is 6.76. The van der Waals surface area contributed by atoms with Gasteiger partial charge in [0.1, 0.15) is 5.78 Å². The number of hydrogen-bond donors (Lipinski definition) is 3. The van der Waals surface area contributed by atoms with Crippen LogP contribution in [-0.4, -0.2) is 29.3 Å². The van der Waals surface area contributed by atoms with Gasteiger partial charge in [0, 0.05) is 31.8 Å². The number of aliphatic hydroxyl groups excluding tert-OH is 1. The minimum atomic E-state index is -0.306. The number of carbonyl (C=O) groups is 3. The number of Topliss-reactive ketones (excluding diaryl/α,β-unsaturated/α-hetero) is 1. The van der Waals surface area contributed by atoms with Crippen molar-refractivity contribution in [3.05, 3.63) is 0 Å². The minimum Gasteiger partial charge on any atom is -0.396 e. The molecule has 6 heteroatoms. The monoisotopic (exact) mass is 272 g/mol. The van der Waals surface area contributed by atoms with Crippen LogP contribution in [-0.2, 0) is 14.4 Å². The van der Waals surface area contributed by atoms with E-state index in [1.165, 1.54) is 0 Å². The average Bonchev–Trinajstić information content (AvgIpc) is 2.37. The molecule has 110 valence electrons. The molecule has 0 spiro atoms. The second-order valence-electron chi connectivity index (χ2n) is 4.43. The zero-order valence-electron chi connectivity index (χ0n) is 11.7. The smallest absolute Gasteiger partial charge is 0.238 e. The molecular formula is C13H24N2O4. The predicted molar refractivity (Wildman–Crippen MR) is 70.9 cm³/mol. The van der Waals surface area contributed by atoms with E-state index in [4.69, 9.17) is 5.11 Å². The summed E-state index contributed by atoms with van der Waals surface area (Å²) < 4.78 is 0. The highest BCUT2D eigenvalue weighted by molar-refractivity contribution is 5.83. The number of aliphatic hydroxyl groups is 1. The Morgan fingerprint density at radius 2 is 1.58 bits per heavy atom. The van der Waals surface area contributed by atoms with E-state index in [0.717, 1.165) is 6.42 Å². The van der Waals surface area contributed by atoms with Crippen LogP contribution in [0.1, 0.15) is 52.4 Å². The Balaban J connectivity index is 3.93. The van der Waals surface area contributed by atoms with E-state index in [-0.39, 0.29) is 43.0 Å². The Hall–Kier alpha value is -1.43. The second kappa shape index (κ2) is 10.5. The fourth-order valence-electron chi connectivity index (χ4n) is 1.70. The van der Waals surface area contributed by atoms with Crippen LogP contribution in [0.5, 0.6) is 0 Å². The Labute approximate surface area is 113 Å². The fourth-order valence-corrected chi connectivity index (χ4v) is 1.70. The lowest BCUT2D eigenvalue weighted by molar-refractivity contribution is -0.129. The summed E-state index contributed by atoms with van der Waals surface area (Å²) in [5.74, 6) is -0.754. The van der Waals surface area contributed by atoms with E-state index in [0.29, 0.717) is 19.3 Å². The molecule has 0 radical (unpaired) electrons. The molecule has 0 saturated heterocycles. The van der Waals surface area contributed by atoms with Crippen molar-refractivity contribution in [2.24, 2.45) is 5.92 Å². The number of carbonyl (C=O) groups excluding carboxylic acids is 3. The third-order valence-corrected chi connectivity index (χ3v) is 2.84. The first-order valence-corrected chi connectivity index (χ1v) is 6.76. The number of hydrogen-bond acceptors (Lipinski definition) is 4. The quantitative estimate of drug-likeness (QED) is 0.538. The summed E-state index contributed by atoms with van der Waals surface area (Å²) in [6, 6.07) is 0. The van der Waals surface area contributed by atoms with Crippen LogP contribution in [0.3, 0.4) is 0 Å². The molecule has 0 bridgehead atoms. The van der Waals surface area contributed by atoms with Crippen molar-refractivity contribution in [3.8, 4) is 0 Å². The highest BCUT2D eigenvalue weighted by Gasteiger charge is 2.17. The van der Waals surface area contributed by atoms with Crippen molar-refractivity contribution in [2.45, 2.75) is 52.4 Å². The molecule has 2 amide bonds. The molecular weight excluding hydrogens is 248 g/mol. The van der Waals surface area contributed by atoms with Gasteiger partial charge in [-0.25, -0.2) is 0 Å². The van der Waals surface area contributed by atoms with E-state index >= 15 is 0 Å². The van der Waals surface area contributed by atoms with E-state index in [1.54, 1.807) is 0 Å². The summed E-state index contributed by atoms with van der Waals surface area (Å²) in [6.07, 6.45) is 2.48. The standard InChI is InChI=1S/C13H24N2O4/c1-3-5-12(18)14-15-13(19)7-6-10(4-2)11(17)8-9-16/h10,16H,3-9H2,1-2H3,(H,14,18)(H,15,19). The fraction of sp³-hybridized carbons (Fsp3) is 0.769. The molecule has 0 aromatic heterocycles. The normalized spacial score (nSPS) is 11.7. The lowest BCUT2D eigenvalue weighted by atomic mass is 9.94. The molecule has 0 aromatic carbocycles. The Bertz CT molecular complexity index is 305. The number of ketones is 1. The summed E-state index contributed by atoms with van der Waals surface area (Å²) in [6.45, 7) is 3.59. The maximum Gasteiger partial charge on any atom is 0.238 e. The number of nitrogens with one attached hydrogen (secondary N) is 2. The van der Waals surface area contributed by atoms with Crippen molar-refractivity contribution in [1.82, 2.24) is 10.9 Å². The zero-order chi connectivity index (χ0) is 14.7. The number of amides is 2. The highest BCUT2D eigenvalue weighted by atomic mass is 16.3. The molecule has 1 unspecified atom stereocenters. The lowest BCUT2D eigenvalue weighted by Gasteiger charge is -2.13. The predicted octanol–water partition coefficient (Wildman–Crippen LogP) is 0.692. The summed E-state index contributed by atoms with van der Waals surface area (Å²) in [7, 11) is 0. The van der Waals surface area contributed by atoms with Crippen molar-refractivity contribution in [2.75, 3.05) is 6.61 Å².